The zero-order chi connectivity index (χ0) is 13.1. The normalized spacial score (nSPS) is 18.4. The first-order chi connectivity index (χ1) is 8.61. The lowest BCUT2D eigenvalue weighted by Gasteiger charge is -2.21. The Labute approximate surface area is 104 Å². The zero-order valence-electron chi connectivity index (χ0n) is 10.3. The van der Waals surface area contributed by atoms with E-state index < -0.39 is 11.9 Å². The molecule has 1 aromatic heterocycles. The molecule has 2 rings (SSSR count). The van der Waals surface area contributed by atoms with Crippen LogP contribution in [0, 0.1) is 5.92 Å². The highest BCUT2D eigenvalue weighted by Gasteiger charge is 2.25. The second kappa shape index (κ2) is 5.30. The van der Waals surface area contributed by atoms with Crippen LogP contribution in [0.15, 0.2) is 10.9 Å². The number of fused-ring (bicyclic) bond motifs is 1. The molecule has 0 aromatic carbocycles. The lowest BCUT2D eigenvalue weighted by Crippen LogP contribution is -2.30. The molecule has 0 unspecified atom stereocenters. The first-order valence-electron chi connectivity index (χ1n) is 5.93. The number of hydrogen-bond acceptors (Lipinski definition) is 4. The maximum absolute atomic E-state index is 11.8. The number of rotatable bonds is 4. The van der Waals surface area contributed by atoms with E-state index in [9.17, 15) is 9.59 Å². The van der Waals surface area contributed by atoms with Gasteiger partial charge in [0.1, 0.15) is 0 Å². The van der Waals surface area contributed by atoms with Crippen molar-refractivity contribution in [3.63, 3.8) is 0 Å². The summed E-state index contributed by atoms with van der Waals surface area (Å²) in [6.07, 6.45) is 1.59. The molecule has 0 aliphatic heterocycles. The molecule has 6 heteroatoms. The van der Waals surface area contributed by atoms with Crippen LogP contribution >= 0.6 is 0 Å². The van der Waals surface area contributed by atoms with Gasteiger partial charge < -0.3 is 9.84 Å². The highest BCUT2D eigenvalue weighted by molar-refractivity contribution is 5.70. The Kier molecular flexibility index (Phi) is 3.76. The quantitative estimate of drug-likeness (QED) is 0.820. The number of aryl methyl sites for hydroxylation is 1. The van der Waals surface area contributed by atoms with E-state index in [0.29, 0.717) is 32.4 Å². The van der Waals surface area contributed by atoms with E-state index in [1.54, 1.807) is 7.11 Å². The molecule has 98 valence electrons. The summed E-state index contributed by atoms with van der Waals surface area (Å²) in [7, 11) is 1.57. The van der Waals surface area contributed by atoms with Gasteiger partial charge >= 0.3 is 5.97 Å². The molecular formula is C12H16N2O4. The first-order valence-corrected chi connectivity index (χ1v) is 5.93. The van der Waals surface area contributed by atoms with Crippen LogP contribution in [0.25, 0.3) is 0 Å². The highest BCUT2D eigenvalue weighted by Crippen LogP contribution is 2.22. The largest absolute Gasteiger partial charge is 0.481 e. The van der Waals surface area contributed by atoms with E-state index in [2.05, 4.69) is 5.10 Å². The highest BCUT2D eigenvalue weighted by atomic mass is 16.5. The fraction of sp³-hybridized carbons (Fsp3) is 0.583. The Morgan fingerprint density at radius 2 is 2.44 bits per heavy atom. The molecule has 1 aliphatic carbocycles. The lowest BCUT2D eigenvalue weighted by molar-refractivity contribution is -0.142. The summed E-state index contributed by atoms with van der Waals surface area (Å²) in [6, 6.07) is 1.51. The molecule has 0 spiro atoms. The van der Waals surface area contributed by atoms with E-state index in [4.69, 9.17) is 9.84 Å². The molecule has 0 fully saturated rings. The maximum atomic E-state index is 11.8. The molecule has 0 bridgehead atoms. The van der Waals surface area contributed by atoms with Gasteiger partial charge in [0, 0.05) is 13.2 Å². The third-order valence-corrected chi connectivity index (χ3v) is 3.22. The van der Waals surface area contributed by atoms with Crippen molar-refractivity contribution in [2.75, 3.05) is 13.7 Å². The van der Waals surface area contributed by atoms with Gasteiger partial charge in [0.05, 0.1) is 24.8 Å². The third-order valence-electron chi connectivity index (χ3n) is 3.22. The van der Waals surface area contributed by atoms with Gasteiger partial charge in [-0.2, -0.15) is 5.10 Å². The minimum Gasteiger partial charge on any atom is -0.481 e. The van der Waals surface area contributed by atoms with Gasteiger partial charge in [0.15, 0.2) is 0 Å². The van der Waals surface area contributed by atoms with E-state index in [1.807, 2.05) is 0 Å². The van der Waals surface area contributed by atoms with E-state index in [-0.39, 0.29) is 5.56 Å². The van der Waals surface area contributed by atoms with E-state index >= 15 is 0 Å². The molecule has 18 heavy (non-hydrogen) atoms. The van der Waals surface area contributed by atoms with Crippen LogP contribution < -0.4 is 5.56 Å². The standard InChI is InChI=1S/C12H16N2O4/c1-18-5-4-14-11(15)7-9-6-8(12(16)17)2-3-10(9)13-14/h7-8H,2-6H2,1H3,(H,16,17)/t8-/m0/s1. The van der Waals surface area contributed by atoms with Crippen molar-refractivity contribution < 1.29 is 14.6 Å². The second-order valence-electron chi connectivity index (χ2n) is 4.45. The topological polar surface area (TPSA) is 81.4 Å². The van der Waals surface area contributed by atoms with Crippen LogP contribution in [0.1, 0.15) is 17.7 Å². The summed E-state index contributed by atoms with van der Waals surface area (Å²) < 4.78 is 6.29. The fourth-order valence-corrected chi connectivity index (χ4v) is 2.18. The molecular weight excluding hydrogens is 236 g/mol. The van der Waals surface area contributed by atoms with Gasteiger partial charge in [-0.3, -0.25) is 9.59 Å². The molecule has 6 nitrogen and oxygen atoms in total. The number of carboxylic acids is 1. The molecule has 0 radical (unpaired) electrons. The predicted octanol–water partition coefficient (Wildman–Crippen LogP) is 0.0792. The van der Waals surface area contributed by atoms with Gasteiger partial charge in [-0.15, -0.1) is 0 Å². The van der Waals surface area contributed by atoms with Crippen molar-refractivity contribution in [1.82, 2.24) is 9.78 Å². The number of aliphatic carboxylic acids is 1. The predicted molar refractivity (Wildman–Crippen MR) is 63.5 cm³/mol. The fourth-order valence-electron chi connectivity index (χ4n) is 2.18. The molecule has 1 heterocycles. The maximum Gasteiger partial charge on any atom is 0.306 e. The summed E-state index contributed by atoms with van der Waals surface area (Å²) in [5.41, 5.74) is 1.41. The van der Waals surface area contributed by atoms with Crippen molar-refractivity contribution in [1.29, 1.82) is 0 Å². The number of aromatic nitrogens is 2. The van der Waals surface area contributed by atoms with Crippen LogP contribution in [0.3, 0.4) is 0 Å². The average Bonchev–Trinajstić information content (AvgIpc) is 2.35. The van der Waals surface area contributed by atoms with Crippen molar-refractivity contribution in [3.05, 3.63) is 27.7 Å². The molecule has 1 aromatic rings. The SMILES string of the molecule is COCCn1nc2c(cc1=O)C[C@@H](C(=O)O)CC2. The van der Waals surface area contributed by atoms with Crippen LogP contribution in [0.5, 0.6) is 0 Å². The Morgan fingerprint density at radius 3 is 3.11 bits per heavy atom. The number of carbonyl (C=O) groups is 1. The van der Waals surface area contributed by atoms with E-state index in [0.717, 1.165) is 11.3 Å². The molecule has 1 aliphatic rings. The third kappa shape index (κ3) is 2.59. The lowest BCUT2D eigenvalue weighted by atomic mass is 9.87. The smallest absolute Gasteiger partial charge is 0.306 e. The van der Waals surface area contributed by atoms with Crippen LogP contribution in [-0.4, -0.2) is 34.6 Å². The van der Waals surface area contributed by atoms with Gasteiger partial charge in [-0.1, -0.05) is 0 Å². The van der Waals surface area contributed by atoms with Gasteiger partial charge in [0.2, 0.25) is 0 Å². The Hall–Kier alpha value is -1.69. The number of ether oxygens (including phenoxy) is 1. The Morgan fingerprint density at radius 1 is 1.67 bits per heavy atom. The molecule has 1 atom stereocenters. The minimum absolute atomic E-state index is 0.197. The zero-order valence-corrected chi connectivity index (χ0v) is 10.3. The summed E-state index contributed by atoms with van der Waals surface area (Å²) in [5.74, 6) is -1.20. The number of nitrogens with zero attached hydrogens (tertiary/aromatic N) is 2. The first kappa shape index (κ1) is 12.8. The number of methoxy groups -OCH3 is 1. The van der Waals surface area contributed by atoms with Crippen molar-refractivity contribution in [2.24, 2.45) is 5.92 Å². The van der Waals surface area contributed by atoms with Gasteiger partial charge in [0.25, 0.3) is 5.56 Å². The van der Waals surface area contributed by atoms with Crippen molar-refractivity contribution >= 4 is 5.97 Å². The molecule has 0 saturated heterocycles. The molecule has 1 N–H and O–H groups in total. The van der Waals surface area contributed by atoms with Crippen LogP contribution in [0.4, 0.5) is 0 Å². The summed E-state index contributed by atoms with van der Waals surface area (Å²) >= 11 is 0. The minimum atomic E-state index is -0.802. The monoisotopic (exact) mass is 252 g/mol. The second-order valence-corrected chi connectivity index (χ2v) is 4.45. The average molecular weight is 252 g/mol. The van der Waals surface area contributed by atoms with Gasteiger partial charge in [-0.25, -0.2) is 4.68 Å². The van der Waals surface area contributed by atoms with Gasteiger partial charge in [-0.05, 0) is 24.8 Å². The number of hydrogen-bond donors (Lipinski definition) is 1. The van der Waals surface area contributed by atoms with Crippen molar-refractivity contribution in [2.45, 2.75) is 25.8 Å². The van der Waals surface area contributed by atoms with Crippen molar-refractivity contribution in [3.8, 4) is 0 Å². The number of carboxylic acid groups (broad SMARTS) is 1. The van der Waals surface area contributed by atoms with E-state index in [1.165, 1.54) is 10.7 Å². The molecule has 0 saturated carbocycles. The Bertz CT molecular complexity index is 509. The summed E-state index contributed by atoms with van der Waals surface area (Å²) in [4.78, 5) is 22.7. The molecule has 0 amide bonds. The van der Waals surface area contributed by atoms with Crippen LogP contribution in [0.2, 0.25) is 0 Å². The summed E-state index contributed by atoms with van der Waals surface area (Å²) in [6.45, 7) is 0.856. The van der Waals surface area contributed by atoms with Crippen LogP contribution in [-0.2, 0) is 28.9 Å². The summed E-state index contributed by atoms with van der Waals surface area (Å²) in [5, 5.41) is 13.3. The Balaban J connectivity index is 2.24.